The monoisotopic (exact) mass is 371 g/mol. The summed E-state index contributed by atoms with van der Waals surface area (Å²) in [5.41, 5.74) is 1.69. The van der Waals surface area contributed by atoms with Crippen molar-refractivity contribution in [1.82, 2.24) is 24.5 Å². The minimum Gasteiger partial charge on any atom is -0.346 e. The third-order valence-corrected chi connectivity index (χ3v) is 5.22. The van der Waals surface area contributed by atoms with Crippen LogP contribution in [-0.2, 0) is 16.6 Å². The molecule has 2 heterocycles. The van der Waals surface area contributed by atoms with Crippen molar-refractivity contribution in [3.63, 3.8) is 0 Å². The first-order chi connectivity index (χ1) is 12.4. The Bertz CT molecular complexity index is 1030. The van der Waals surface area contributed by atoms with Gasteiger partial charge in [0.05, 0.1) is 4.90 Å². The van der Waals surface area contributed by atoms with E-state index in [0.29, 0.717) is 5.82 Å². The second-order valence-corrected chi connectivity index (χ2v) is 7.51. The van der Waals surface area contributed by atoms with Crippen LogP contribution in [0, 0.1) is 13.8 Å². The number of aromatic nitrogens is 4. The van der Waals surface area contributed by atoms with Gasteiger partial charge in [-0.3, -0.25) is 4.79 Å². The molecule has 0 fully saturated rings. The fourth-order valence-corrected chi connectivity index (χ4v) is 3.28. The summed E-state index contributed by atoms with van der Waals surface area (Å²) in [6.07, 6.45) is 4.48. The molecule has 0 aliphatic heterocycles. The van der Waals surface area contributed by atoms with Crippen LogP contribution in [0.3, 0.4) is 0 Å². The van der Waals surface area contributed by atoms with Gasteiger partial charge < -0.3 is 5.32 Å². The lowest BCUT2D eigenvalue weighted by atomic mass is 10.2. The molecular weight excluding hydrogens is 354 g/mol. The van der Waals surface area contributed by atoms with Crippen LogP contribution in [0.4, 0.5) is 0 Å². The lowest BCUT2D eigenvalue weighted by molar-refractivity contribution is 0.0945. The smallest absolute Gasteiger partial charge is 0.282 e. The predicted octanol–water partition coefficient (Wildman–Crippen LogP) is 1.46. The first kappa shape index (κ1) is 17.7. The predicted molar refractivity (Wildman–Crippen MR) is 93.9 cm³/mol. The lowest BCUT2D eigenvalue weighted by Crippen LogP contribution is -2.24. The fraction of sp³-hybridized carbons (Fsp3) is 0.176. The summed E-state index contributed by atoms with van der Waals surface area (Å²) in [4.78, 5) is 20.4. The molecule has 0 radical (unpaired) electrons. The zero-order valence-corrected chi connectivity index (χ0v) is 15.1. The van der Waals surface area contributed by atoms with E-state index in [0.717, 1.165) is 15.2 Å². The van der Waals surface area contributed by atoms with Crippen LogP contribution in [0.1, 0.15) is 27.4 Å². The highest BCUT2D eigenvalue weighted by molar-refractivity contribution is 7.89. The molecule has 0 aliphatic rings. The average molecular weight is 371 g/mol. The quantitative estimate of drug-likeness (QED) is 0.728. The van der Waals surface area contributed by atoms with Crippen LogP contribution in [-0.4, -0.2) is 33.5 Å². The zero-order valence-electron chi connectivity index (χ0n) is 14.2. The van der Waals surface area contributed by atoms with Crippen molar-refractivity contribution in [3.8, 4) is 0 Å². The highest BCUT2D eigenvalue weighted by Gasteiger charge is 2.19. The van der Waals surface area contributed by atoms with E-state index in [4.69, 9.17) is 0 Å². The Morgan fingerprint density at radius 1 is 1.08 bits per heavy atom. The van der Waals surface area contributed by atoms with Gasteiger partial charge in [-0.05, 0) is 32.0 Å². The van der Waals surface area contributed by atoms with Crippen molar-refractivity contribution in [2.75, 3.05) is 0 Å². The molecule has 134 valence electrons. The second-order valence-electron chi connectivity index (χ2n) is 5.71. The molecule has 0 saturated carbocycles. The van der Waals surface area contributed by atoms with Crippen LogP contribution in [0.15, 0.2) is 53.8 Å². The van der Waals surface area contributed by atoms with Gasteiger partial charge in [0.1, 0.15) is 5.82 Å². The van der Waals surface area contributed by atoms with E-state index in [1.54, 1.807) is 31.5 Å². The summed E-state index contributed by atoms with van der Waals surface area (Å²) < 4.78 is 25.9. The van der Waals surface area contributed by atoms with Gasteiger partial charge in [0.2, 0.25) is 0 Å². The minimum atomic E-state index is -3.83. The number of aryl methyl sites for hydroxylation is 2. The first-order valence-corrected chi connectivity index (χ1v) is 9.24. The van der Waals surface area contributed by atoms with E-state index in [1.807, 2.05) is 6.92 Å². The number of hydrogen-bond acceptors (Lipinski definition) is 6. The third kappa shape index (κ3) is 3.77. The Labute approximate surface area is 151 Å². The molecule has 3 aromatic rings. The number of nitrogens with one attached hydrogen (secondary N) is 1. The number of nitrogens with zero attached hydrogens (tertiary/aromatic N) is 4. The molecular formula is C17H17N5O3S. The zero-order chi connectivity index (χ0) is 18.7. The molecule has 0 spiro atoms. The van der Waals surface area contributed by atoms with Gasteiger partial charge in [0.25, 0.3) is 15.9 Å². The number of carbonyl (C=O) groups is 1. The number of rotatable bonds is 5. The highest BCUT2D eigenvalue weighted by Crippen LogP contribution is 2.14. The van der Waals surface area contributed by atoms with Crippen molar-refractivity contribution < 1.29 is 13.2 Å². The summed E-state index contributed by atoms with van der Waals surface area (Å²) in [6, 6.07) is 7.76. The van der Waals surface area contributed by atoms with Gasteiger partial charge >= 0.3 is 0 Å². The first-order valence-electron chi connectivity index (χ1n) is 7.80. The Morgan fingerprint density at radius 3 is 2.38 bits per heavy atom. The normalized spacial score (nSPS) is 11.3. The van der Waals surface area contributed by atoms with Crippen molar-refractivity contribution in [3.05, 3.63) is 71.6 Å². The molecule has 1 aromatic carbocycles. The number of amides is 1. The van der Waals surface area contributed by atoms with E-state index in [2.05, 4.69) is 20.4 Å². The molecule has 0 aliphatic carbocycles. The average Bonchev–Trinajstić information content (AvgIpc) is 3.12. The molecule has 3 rings (SSSR count). The van der Waals surface area contributed by atoms with E-state index in [9.17, 15) is 13.2 Å². The molecule has 26 heavy (non-hydrogen) atoms. The Kier molecular flexibility index (Phi) is 4.81. The van der Waals surface area contributed by atoms with Crippen molar-refractivity contribution >= 4 is 15.9 Å². The Morgan fingerprint density at radius 2 is 1.73 bits per heavy atom. The minimum absolute atomic E-state index is 0.00807. The topological polar surface area (TPSA) is 107 Å². The van der Waals surface area contributed by atoms with Gasteiger partial charge in [-0.15, -0.1) is 0 Å². The van der Waals surface area contributed by atoms with Gasteiger partial charge in [0, 0.05) is 30.7 Å². The van der Waals surface area contributed by atoms with Crippen molar-refractivity contribution in [2.45, 2.75) is 25.3 Å². The molecule has 1 amide bonds. The van der Waals surface area contributed by atoms with E-state index in [1.165, 1.54) is 24.4 Å². The summed E-state index contributed by atoms with van der Waals surface area (Å²) in [6.45, 7) is 3.85. The van der Waals surface area contributed by atoms with Crippen LogP contribution >= 0.6 is 0 Å². The van der Waals surface area contributed by atoms with Crippen LogP contribution in [0.5, 0.6) is 0 Å². The van der Waals surface area contributed by atoms with Crippen molar-refractivity contribution in [1.29, 1.82) is 0 Å². The number of hydrogen-bond donors (Lipinski definition) is 1. The largest absolute Gasteiger partial charge is 0.346 e. The van der Waals surface area contributed by atoms with Gasteiger partial charge in [0.15, 0.2) is 5.69 Å². The molecule has 2 aromatic heterocycles. The number of carbonyl (C=O) groups excluding carboxylic acids is 1. The van der Waals surface area contributed by atoms with Crippen LogP contribution in [0.2, 0.25) is 0 Å². The molecule has 0 saturated heterocycles. The second kappa shape index (κ2) is 7.04. The highest BCUT2D eigenvalue weighted by atomic mass is 32.2. The van der Waals surface area contributed by atoms with Crippen LogP contribution < -0.4 is 5.32 Å². The van der Waals surface area contributed by atoms with Crippen molar-refractivity contribution in [2.24, 2.45) is 0 Å². The van der Waals surface area contributed by atoms with E-state index in [-0.39, 0.29) is 17.1 Å². The maximum absolute atomic E-state index is 12.5. The standard InChI is InChI=1S/C17H17N5O3S/c1-12-3-5-15(6-4-12)26(24,25)22-8-7-16(21-22)17(23)20-11-14-9-18-13(2)19-10-14/h3-10H,11H2,1-2H3,(H,20,23). The molecule has 8 nitrogen and oxygen atoms in total. The van der Waals surface area contributed by atoms with E-state index < -0.39 is 15.9 Å². The van der Waals surface area contributed by atoms with Crippen LogP contribution in [0.25, 0.3) is 0 Å². The molecule has 0 bridgehead atoms. The van der Waals surface area contributed by atoms with Gasteiger partial charge in [-0.1, -0.05) is 17.7 Å². The maximum Gasteiger partial charge on any atom is 0.282 e. The summed E-state index contributed by atoms with van der Waals surface area (Å²) in [5, 5.41) is 6.55. The SMILES string of the molecule is Cc1ccc(S(=O)(=O)n2ccc(C(=O)NCc3cnc(C)nc3)n2)cc1. The number of benzene rings is 1. The fourth-order valence-electron chi connectivity index (χ4n) is 2.16. The summed E-state index contributed by atoms with van der Waals surface area (Å²) in [7, 11) is -3.83. The summed E-state index contributed by atoms with van der Waals surface area (Å²) >= 11 is 0. The van der Waals surface area contributed by atoms with E-state index >= 15 is 0 Å². The molecule has 1 N–H and O–H groups in total. The Hall–Kier alpha value is -3.07. The summed E-state index contributed by atoms with van der Waals surface area (Å²) in [5.74, 6) is 0.156. The van der Waals surface area contributed by atoms with Gasteiger partial charge in [-0.25, -0.2) is 9.97 Å². The third-order valence-electron chi connectivity index (χ3n) is 3.65. The lowest BCUT2D eigenvalue weighted by Gasteiger charge is -2.05. The Balaban J connectivity index is 1.73. The molecule has 0 atom stereocenters. The molecule has 9 heteroatoms. The van der Waals surface area contributed by atoms with Gasteiger partial charge in [-0.2, -0.15) is 17.6 Å². The molecule has 0 unspecified atom stereocenters. The maximum atomic E-state index is 12.5.